The van der Waals surface area contributed by atoms with Gasteiger partial charge in [-0.2, -0.15) is 0 Å². The molecule has 1 aromatic heterocycles. The van der Waals surface area contributed by atoms with Crippen LogP contribution in [0.5, 0.6) is 0 Å². The van der Waals surface area contributed by atoms with Crippen LogP contribution in [0, 0.1) is 11.8 Å². The van der Waals surface area contributed by atoms with Gasteiger partial charge in [0.05, 0.1) is 29.6 Å². The molecule has 0 aromatic carbocycles. The van der Waals surface area contributed by atoms with Crippen molar-refractivity contribution in [3.05, 3.63) is 16.0 Å². The number of fused-ring (bicyclic) bond motifs is 3. The Kier molecular flexibility index (Phi) is 5.31. The van der Waals surface area contributed by atoms with Gasteiger partial charge in [0.1, 0.15) is 5.00 Å². The van der Waals surface area contributed by atoms with Crippen molar-refractivity contribution >= 4 is 34.1 Å². The molecule has 4 atom stereocenters. The zero-order chi connectivity index (χ0) is 20.8. The number of aliphatic carboxylic acids is 1. The topological polar surface area (TPSA) is 105 Å². The number of amides is 2. The summed E-state index contributed by atoms with van der Waals surface area (Å²) in [6.07, 6.45) is 8.97. The van der Waals surface area contributed by atoms with Crippen LogP contribution in [0.2, 0.25) is 0 Å². The van der Waals surface area contributed by atoms with Crippen molar-refractivity contribution in [2.24, 2.45) is 11.8 Å². The third kappa shape index (κ3) is 3.43. The lowest BCUT2D eigenvalue weighted by Crippen LogP contribution is -2.41. The molecule has 2 saturated heterocycles. The van der Waals surface area contributed by atoms with Crippen LogP contribution in [0.1, 0.15) is 72.2 Å². The van der Waals surface area contributed by atoms with Gasteiger partial charge < -0.3 is 20.5 Å². The van der Waals surface area contributed by atoms with E-state index in [0.29, 0.717) is 23.4 Å². The minimum Gasteiger partial charge on any atom is -0.481 e. The molecule has 8 heteroatoms. The largest absolute Gasteiger partial charge is 0.481 e. The van der Waals surface area contributed by atoms with E-state index in [1.54, 1.807) is 0 Å². The fourth-order valence-electron chi connectivity index (χ4n) is 5.76. The number of carboxylic acids is 1. The molecule has 3 fully saturated rings. The molecular formula is C22H28N2O5S. The van der Waals surface area contributed by atoms with E-state index < -0.39 is 17.8 Å². The van der Waals surface area contributed by atoms with Crippen LogP contribution in [0.3, 0.4) is 0 Å². The first kappa shape index (κ1) is 20.0. The molecule has 7 nitrogen and oxygen atoms in total. The van der Waals surface area contributed by atoms with Crippen molar-refractivity contribution < 1.29 is 24.2 Å². The first-order chi connectivity index (χ1) is 14.5. The first-order valence-electron chi connectivity index (χ1n) is 11.2. The van der Waals surface area contributed by atoms with Gasteiger partial charge in [-0.1, -0.05) is 19.3 Å². The van der Waals surface area contributed by atoms with Gasteiger partial charge in [-0.05, 0) is 50.5 Å². The maximum atomic E-state index is 13.2. The normalized spacial score (nSPS) is 30.3. The van der Waals surface area contributed by atoms with Crippen molar-refractivity contribution in [2.75, 3.05) is 5.32 Å². The number of hydrogen-bond acceptors (Lipinski definition) is 5. The van der Waals surface area contributed by atoms with E-state index in [1.165, 1.54) is 17.8 Å². The highest BCUT2D eigenvalue weighted by molar-refractivity contribution is 7.17. The van der Waals surface area contributed by atoms with Gasteiger partial charge in [0, 0.05) is 10.9 Å². The summed E-state index contributed by atoms with van der Waals surface area (Å²) < 4.78 is 5.74. The number of carboxylic acid groups (broad SMARTS) is 1. The van der Waals surface area contributed by atoms with E-state index in [2.05, 4.69) is 10.6 Å². The smallest absolute Gasteiger partial charge is 0.310 e. The fourth-order valence-corrected chi connectivity index (χ4v) is 7.05. The Morgan fingerprint density at radius 3 is 2.40 bits per heavy atom. The number of hydrogen-bond donors (Lipinski definition) is 3. The molecule has 0 spiro atoms. The van der Waals surface area contributed by atoms with E-state index in [0.717, 1.165) is 55.4 Å². The molecular weight excluding hydrogens is 404 g/mol. The summed E-state index contributed by atoms with van der Waals surface area (Å²) in [5, 5.41) is 16.3. The SMILES string of the molecule is O=C(NC1CCCCC1)c1c(NC(=O)[C@H]2[C@@H](C(=O)O)[C@H]3CC[C@H]2O3)sc2c1CCC2. The zero-order valence-electron chi connectivity index (χ0n) is 16.9. The van der Waals surface area contributed by atoms with Gasteiger partial charge in [0.2, 0.25) is 5.91 Å². The van der Waals surface area contributed by atoms with Crippen molar-refractivity contribution in [2.45, 2.75) is 82.5 Å². The average Bonchev–Trinajstić information content (AvgIpc) is 3.48. The second-order valence-electron chi connectivity index (χ2n) is 9.04. The quantitative estimate of drug-likeness (QED) is 0.663. The molecule has 2 bridgehead atoms. The zero-order valence-corrected chi connectivity index (χ0v) is 17.8. The van der Waals surface area contributed by atoms with Crippen LogP contribution in [-0.2, 0) is 27.2 Å². The maximum absolute atomic E-state index is 13.2. The molecule has 0 radical (unpaired) electrons. The van der Waals surface area contributed by atoms with Gasteiger partial charge in [-0.15, -0.1) is 11.3 Å². The summed E-state index contributed by atoms with van der Waals surface area (Å²) >= 11 is 1.47. The van der Waals surface area contributed by atoms with E-state index in [1.807, 2.05) is 0 Å². The summed E-state index contributed by atoms with van der Waals surface area (Å²) in [5.41, 5.74) is 1.66. The van der Waals surface area contributed by atoms with E-state index >= 15 is 0 Å². The number of carbonyl (C=O) groups excluding carboxylic acids is 2. The Hall–Kier alpha value is -1.93. The Labute approximate surface area is 179 Å². The molecule has 162 valence electrons. The van der Waals surface area contributed by atoms with Crippen molar-refractivity contribution in [3.8, 4) is 0 Å². The van der Waals surface area contributed by atoms with Crippen molar-refractivity contribution in [1.29, 1.82) is 0 Å². The standard InChI is InChI=1S/C22H28N2O5S/c25-19(23-11-5-2-1-3-6-11)16-12-7-4-8-15(12)30-21(16)24-20(26)17-13-9-10-14(29-13)18(17)22(27)28/h11,13-14,17-18H,1-10H2,(H,23,25)(H,24,26)(H,27,28)/t13-,14-,17-,18+/m1/s1. The lowest BCUT2D eigenvalue weighted by atomic mass is 9.79. The molecule has 2 aliphatic carbocycles. The second-order valence-corrected chi connectivity index (χ2v) is 10.1. The Bertz CT molecular complexity index is 875. The number of ether oxygens (including phenoxy) is 1. The Morgan fingerprint density at radius 1 is 0.933 bits per heavy atom. The predicted molar refractivity (Wildman–Crippen MR) is 112 cm³/mol. The summed E-state index contributed by atoms with van der Waals surface area (Å²) in [6, 6.07) is 0.196. The van der Waals surface area contributed by atoms with Crippen LogP contribution < -0.4 is 10.6 Å². The molecule has 30 heavy (non-hydrogen) atoms. The van der Waals surface area contributed by atoms with Crippen LogP contribution in [0.25, 0.3) is 0 Å². The molecule has 1 saturated carbocycles. The molecule has 3 N–H and O–H groups in total. The highest BCUT2D eigenvalue weighted by atomic mass is 32.1. The molecule has 3 heterocycles. The molecule has 1 aromatic rings. The van der Waals surface area contributed by atoms with Gasteiger partial charge in [-0.3, -0.25) is 14.4 Å². The van der Waals surface area contributed by atoms with Gasteiger partial charge in [0.15, 0.2) is 0 Å². The summed E-state index contributed by atoms with van der Waals surface area (Å²) in [7, 11) is 0. The molecule has 5 rings (SSSR count). The molecule has 4 aliphatic rings. The number of anilines is 1. The number of thiophene rings is 1. The number of carbonyl (C=O) groups is 3. The summed E-state index contributed by atoms with van der Waals surface area (Å²) in [5.74, 6) is -2.93. The molecule has 2 amide bonds. The summed E-state index contributed by atoms with van der Waals surface area (Å²) in [6.45, 7) is 0. The van der Waals surface area contributed by atoms with Crippen LogP contribution >= 0.6 is 11.3 Å². The minimum absolute atomic E-state index is 0.101. The van der Waals surface area contributed by atoms with Crippen LogP contribution in [0.4, 0.5) is 5.00 Å². The number of rotatable bonds is 5. The monoisotopic (exact) mass is 432 g/mol. The predicted octanol–water partition coefficient (Wildman–Crippen LogP) is 3.12. The van der Waals surface area contributed by atoms with Gasteiger partial charge >= 0.3 is 5.97 Å². The van der Waals surface area contributed by atoms with E-state index in [9.17, 15) is 19.5 Å². The third-order valence-electron chi connectivity index (χ3n) is 7.19. The third-order valence-corrected chi connectivity index (χ3v) is 8.39. The highest BCUT2D eigenvalue weighted by Crippen LogP contribution is 2.45. The molecule has 2 aliphatic heterocycles. The number of nitrogens with one attached hydrogen (secondary N) is 2. The minimum atomic E-state index is -0.980. The Morgan fingerprint density at radius 2 is 1.67 bits per heavy atom. The molecule has 0 unspecified atom stereocenters. The maximum Gasteiger partial charge on any atom is 0.310 e. The second kappa shape index (κ2) is 7.96. The van der Waals surface area contributed by atoms with Gasteiger partial charge in [0.25, 0.3) is 5.91 Å². The van der Waals surface area contributed by atoms with Gasteiger partial charge in [-0.25, -0.2) is 0 Å². The fraction of sp³-hybridized carbons (Fsp3) is 0.682. The van der Waals surface area contributed by atoms with Crippen molar-refractivity contribution in [3.63, 3.8) is 0 Å². The van der Waals surface area contributed by atoms with Crippen LogP contribution in [0.15, 0.2) is 0 Å². The van der Waals surface area contributed by atoms with Crippen LogP contribution in [-0.4, -0.2) is 41.1 Å². The highest BCUT2D eigenvalue weighted by Gasteiger charge is 2.55. The lowest BCUT2D eigenvalue weighted by Gasteiger charge is -2.24. The lowest BCUT2D eigenvalue weighted by molar-refractivity contribution is -0.147. The first-order valence-corrected chi connectivity index (χ1v) is 12.0. The average molecular weight is 433 g/mol. The van der Waals surface area contributed by atoms with Crippen molar-refractivity contribution in [1.82, 2.24) is 5.32 Å². The summed E-state index contributed by atoms with van der Waals surface area (Å²) in [4.78, 5) is 39.2. The van der Waals surface area contributed by atoms with E-state index in [4.69, 9.17) is 4.74 Å². The number of aryl methyl sites for hydroxylation is 1. The van der Waals surface area contributed by atoms with E-state index in [-0.39, 0.29) is 30.1 Å². The Balaban J connectivity index is 1.37.